The van der Waals surface area contributed by atoms with Crippen LogP contribution in [0.25, 0.3) is 0 Å². The maximum absolute atomic E-state index is 5.88. The lowest BCUT2D eigenvalue weighted by atomic mass is 10.1. The molecule has 0 spiro atoms. The van der Waals surface area contributed by atoms with Gasteiger partial charge < -0.3 is 9.47 Å². The Hall–Kier alpha value is -0.130. The van der Waals surface area contributed by atoms with Gasteiger partial charge in [0.15, 0.2) is 0 Å². The minimum Gasteiger partial charge on any atom is -0.379 e. The highest BCUT2D eigenvalue weighted by Crippen LogP contribution is 2.20. The zero-order valence-electron chi connectivity index (χ0n) is 11.3. The van der Waals surface area contributed by atoms with Crippen LogP contribution in [0, 0.1) is 6.92 Å². The van der Waals surface area contributed by atoms with E-state index in [0.717, 1.165) is 17.5 Å². The van der Waals surface area contributed by atoms with Crippen molar-refractivity contribution in [1.29, 1.82) is 0 Å². The Morgan fingerprint density at radius 2 is 2.06 bits per heavy atom. The van der Waals surface area contributed by atoms with Gasteiger partial charge in [0.2, 0.25) is 0 Å². The average Bonchev–Trinajstić information content (AvgIpc) is 2.38. The number of unbranched alkanes of at least 4 members (excludes halogenated alkanes) is 1. The van der Waals surface area contributed by atoms with Crippen molar-refractivity contribution < 1.29 is 9.47 Å². The summed E-state index contributed by atoms with van der Waals surface area (Å²) in [7, 11) is 0. The molecular weight excluding hydrogens is 339 g/mol. The molecule has 0 N–H and O–H groups in total. The lowest BCUT2D eigenvalue weighted by Crippen LogP contribution is -2.11. The molecule has 1 rings (SSSR count). The van der Waals surface area contributed by atoms with Crippen LogP contribution in [0.15, 0.2) is 24.3 Å². The number of hydrogen-bond donors (Lipinski definition) is 0. The van der Waals surface area contributed by atoms with Crippen molar-refractivity contribution in [2.45, 2.75) is 32.8 Å². The largest absolute Gasteiger partial charge is 0.379 e. The van der Waals surface area contributed by atoms with Gasteiger partial charge in [-0.3, -0.25) is 0 Å². The maximum Gasteiger partial charge on any atom is 0.0915 e. The van der Waals surface area contributed by atoms with Crippen molar-refractivity contribution in [3.63, 3.8) is 0 Å². The SMILES string of the molecule is CCCCOCCOC(CI)c1cccc(C)c1. The van der Waals surface area contributed by atoms with Crippen LogP contribution in [0.5, 0.6) is 0 Å². The molecule has 18 heavy (non-hydrogen) atoms. The lowest BCUT2D eigenvalue weighted by molar-refractivity contribution is 0.0139. The number of halogens is 1. The Morgan fingerprint density at radius 1 is 1.22 bits per heavy atom. The number of aryl methyl sites for hydroxylation is 1. The van der Waals surface area contributed by atoms with Gasteiger partial charge in [0.25, 0.3) is 0 Å². The van der Waals surface area contributed by atoms with Gasteiger partial charge >= 0.3 is 0 Å². The highest BCUT2D eigenvalue weighted by molar-refractivity contribution is 14.1. The quantitative estimate of drug-likeness (QED) is 0.370. The first-order valence-corrected chi connectivity index (χ1v) is 8.12. The topological polar surface area (TPSA) is 18.5 Å². The zero-order valence-corrected chi connectivity index (χ0v) is 13.5. The molecule has 0 aliphatic rings. The van der Waals surface area contributed by atoms with E-state index in [1.165, 1.54) is 17.5 Å². The van der Waals surface area contributed by atoms with E-state index in [0.29, 0.717) is 13.2 Å². The Balaban J connectivity index is 2.29. The second-order valence-corrected chi connectivity index (χ2v) is 5.27. The summed E-state index contributed by atoms with van der Waals surface area (Å²) in [6.07, 6.45) is 2.49. The summed E-state index contributed by atoms with van der Waals surface area (Å²) in [5.41, 5.74) is 2.54. The van der Waals surface area contributed by atoms with Crippen molar-refractivity contribution in [1.82, 2.24) is 0 Å². The number of rotatable bonds is 9. The number of hydrogen-bond acceptors (Lipinski definition) is 2. The van der Waals surface area contributed by atoms with Gasteiger partial charge in [0.05, 0.1) is 19.3 Å². The number of ether oxygens (including phenoxy) is 2. The molecule has 0 fully saturated rings. The van der Waals surface area contributed by atoms with Crippen molar-refractivity contribution in [2.24, 2.45) is 0 Å². The van der Waals surface area contributed by atoms with Gasteiger partial charge in [0.1, 0.15) is 0 Å². The molecule has 3 heteroatoms. The van der Waals surface area contributed by atoms with Gasteiger partial charge in [-0.2, -0.15) is 0 Å². The van der Waals surface area contributed by atoms with E-state index in [1.54, 1.807) is 0 Å². The standard InChI is InChI=1S/C15H23IO2/c1-3-4-8-17-9-10-18-15(12-16)14-7-5-6-13(2)11-14/h5-7,11,15H,3-4,8-10,12H2,1-2H3. The van der Waals surface area contributed by atoms with E-state index in [-0.39, 0.29) is 6.10 Å². The molecule has 0 aromatic heterocycles. The summed E-state index contributed by atoms with van der Waals surface area (Å²) in [4.78, 5) is 0. The van der Waals surface area contributed by atoms with Crippen LogP contribution in [0.2, 0.25) is 0 Å². The molecule has 0 heterocycles. The van der Waals surface area contributed by atoms with Crippen LogP contribution in [-0.4, -0.2) is 24.2 Å². The van der Waals surface area contributed by atoms with Crippen LogP contribution < -0.4 is 0 Å². The monoisotopic (exact) mass is 362 g/mol. The first kappa shape index (κ1) is 15.9. The van der Waals surface area contributed by atoms with Crippen molar-refractivity contribution in [2.75, 3.05) is 24.2 Å². The Labute approximate surface area is 124 Å². The first-order chi connectivity index (χ1) is 8.77. The summed E-state index contributed by atoms with van der Waals surface area (Å²) >= 11 is 2.37. The van der Waals surface area contributed by atoms with Crippen molar-refractivity contribution in [3.8, 4) is 0 Å². The third-order valence-corrected chi connectivity index (χ3v) is 3.54. The molecule has 0 aliphatic heterocycles. The first-order valence-electron chi connectivity index (χ1n) is 6.59. The van der Waals surface area contributed by atoms with Crippen molar-refractivity contribution in [3.05, 3.63) is 35.4 Å². The summed E-state index contributed by atoms with van der Waals surface area (Å²) in [5, 5.41) is 0. The van der Waals surface area contributed by atoms with Gasteiger partial charge in [-0.05, 0) is 18.9 Å². The smallest absolute Gasteiger partial charge is 0.0915 e. The van der Waals surface area contributed by atoms with Crippen molar-refractivity contribution >= 4 is 22.6 Å². The van der Waals surface area contributed by atoms with E-state index in [9.17, 15) is 0 Å². The fourth-order valence-electron chi connectivity index (χ4n) is 1.70. The molecular formula is C15H23IO2. The normalized spacial score (nSPS) is 12.6. The molecule has 0 radical (unpaired) electrons. The highest BCUT2D eigenvalue weighted by atomic mass is 127. The van der Waals surface area contributed by atoms with E-state index >= 15 is 0 Å². The molecule has 0 amide bonds. The van der Waals surface area contributed by atoms with Crippen LogP contribution in [0.4, 0.5) is 0 Å². The number of alkyl halides is 1. The van der Waals surface area contributed by atoms with Gasteiger partial charge in [-0.25, -0.2) is 0 Å². The summed E-state index contributed by atoms with van der Waals surface area (Å²) < 4.78 is 12.3. The van der Waals surface area contributed by atoms with Crippen LogP contribution >= 0.6 is 22.6 Å². The predicted molar refractivity (Wildman–Crippen MR) is 84.5 cm³/mol. The van der Waals surface area contributed by atoms with E-state index < -0.39 is 0 Å². The molecule has 0 saturated heterocycles. The lowest BCUT2D eigenvalue weighted by Gasteiger charge is -2.16. The summed E-state index contributed by atoms with van der Waals surface area (Å²) in [6, 6.07) is 8.53. The third-order valence-electron chi connectivity index (χ3n) is 2.74. The van der Waals surface area contributed by atoms with Crippen LogP contribution in [-0.2, 0) is 9.47 Å². The fourth-order valence-corrected chi connectivity index (χ4v) is 2.46. The average molecular weight is 362 g/mol. The molecule has 0 aliphatic carbocycles. The van der Waals surface area contributed by atoms with E-state index in [2.05, 4.69) is 60.7 Å². The van der Waals surface area contributed by atoms with E-state index in [1.807, 2.05) is 0 Å². The van der Waals surface area contributed by atoms with Crippen LogP contribution in [0.1, 0.15) is 37.0 Å². The predicted octanol–water partition coefficient (Wildman–Crippen LogP) is 4.30. The molecule has 0 saturated carbocycles. The fraction of sp³-hybridized carbons (Fsp3) is 0.600. The zero-order chi connectivity index (χ0) is 13.2. The number of benzene rings is 1. The molecule has 102 valence electrons. The van der Waals surface area contributed by atoms with E-state index in [4.69, 9.17) is 9.47 Å². The minimum absolute atomic E-state index is 0.181. The molecule has 2 nitrogen and oxygen atoms in total. The highest BCUT2D eigenvalue weighted by Gasteiger charge is 2.10. The Bertz CT molecular complexity index is 328. The molecule has 1 aromatic rings. The Kier molecular flexibility index (Phi) is 8.63. The second kappa shape index (κ2) is 9.75. The maximum atomic E-state index is 5.88. The van der Waals surface area contributed by atoms with Gasteiger partial charge in [-0.1, -0.05) is 65.8 Å². The molecule has 1 atom stereocenters. The molecule has 1 unspecified atom stereocenters. The molecule has 1 aromatic carbocycles. The third kappa shape index (κ3) is 6.16. The minimum atomic E-state index is 0.181. The van der Waals surface area contributed by atoms with Crippen LogP contribution in [0.3, 0.4) is 0 Å². The van der Waals surface area contributed by atoms with Gasteiger partial charge in [-0.15, -0.1) is 0 Å². The van der Waals surface area contributed by atoms with Gasteiger partial charge in [0, 0.05) is 11.0 Å². The summed E-state index contributed by atoms with van der Waals surface area (Å²) in [5.74, 6) is 0. The summed E-state index contributed by atoms with van der Waals surface area (Å²) in [6.45, 7) is 6.49. The Morgan fingerprint density at radius 3 is 2.72 bits per heavy atom. The molecule has 0 bridgehead atoms. The second-order valence-electron chi connectivity index (χ2n) is 4.39.